The van der Waals surface area contributed by atoms with Crippen molar-refractivity contribution in [2.75, 3.05) is 6.54 Å². The first-order chi connectivity index (χ1) is 8.65. The molecule has 0 spiro atoms. The molecule has 100 valence electrons. The summed E-state index contributed by atoms with van der Waals surface area (Å²) in [5, 5.41) is 3.59. The quantitative estimate of drug-likeness (QED) is 0.813. The molecule has 1 N–H and O–H groups in total. The SMILES string of the molecule is CCC1(CNC(C)c2cccc(F)c2)CCCC1. The van der Waals surface area contributed by atoms with Crippen molar-refractivity contribution in [3.05, 3.63) is 35.6 Å². The van der Waals surface area contributed by atoms with E-state index in [1.54, 1.807) is 12.1 Å². The van der Waals surface area contributed by atoms with Gasteiger partial charge in [-0.15, -0.1) is 0 Å². The highest BCUT2D eigenvalue weighted by molar-refractivity contribution is 5.19. The maximum Gasteiger partial charge on any atom is 0.123 e. The summed E-state index contributed by atoms with van der Waals surface area (Å²) >= 11 is 0. The van der Waals surface area contributed by atoms with E-state index < -0.39 is 0 Å². The molecule has 0 saturated heterocycles. The van der Waals surface area contributed by atoms with Gasteiger partial charge in [-0.3, -0.25) is 0 Å². The summed E-state index contributed by atoms with van der Waals surface area (Å²) < 4.78 is 13.2. The van der Waals surface area contributed by atoms with Gasteiger partial charge in [0.1, 0.15) is 5.82 Å². The minimum absolute atomic E-state index is 0.146. The fourth-order valence-corrected chi connectivity index (χ4v) is 3.04. The second-order valence-electron chi connectivity index (χ2n) is 5.72. The molecule has 0 bridgehead atoms. The lowest BCUT2D eigenvalue weighted by atomic mass is 9.83. The Labute approximate surface area is 110 Å². The van der Waals surface area contributed by atoms with Crippen molar-refractivity contribution in [3.8, 4) is 0 Å². The van der Waals surface area contributed by atoms with Gasteiger partial charge in [-0.1, -0.05) is 31.9 Å². The Morgan fingerprint density at radius 2 is 2.06 bits per heavy atom. The van der Waals surface area contributed by atoms with Crippen LogP contribution >= 0.6 is 0 Å². The van der Waals surface area contributed by atoms with E-state index in [1.165, 1.54) is 38.2 Å². The molecule has 2 rings (SSSR count). The zero-order chi connectivity index (χ0) is 13.0. The van der Waals surface area contributed by atoms with Crippen LogP contribution in [0.1, 0.15) is 57.6 Å². The Hall–Kier alpha value is -0.890. The van der Waals surface area contributed by atoms with Gasteiger partial charge in [0.15, 0.2) is 0 Å². The van der Waals surface area contributed by atoms with E-state index in [0.717, 1.165) is 12.1 Å². The number of hydrogen-bond acceptors (Lipinski definition) is 1. The van der Waals surface area contributed by atoms with Gasteiger partial charge >= 0.3 is 0 Å². The molecule has 1 unspecified atom stereocenters. The predicted octanol–water partition coefficient (Wildman–Crippen LogP) is 4.45. The summed E-state index contributed by atoms with van der Waals surface area (Å²) in [6.45, 7) is 5.47. The van der Waals surface area contributed by atoms with Crippen molar-refractivity contribution in [3.63, 3.8) is 0 Å². The summed E-state index contributed by atoms with van der Waals surface area (Å²) in [6, 6.07) is 7.14. The molecule has 1 aromatic carbocycles. The van der Waals surface area contributed by atoms with Crippen LogP contribution in [0.3, 0.4) is 0 Å². The second kappa shape index (κ2) is 5.83. The molecule has 1 aromatic rings. The molecule has 0 radical (unpaired) electrons. The van der Waals surface area contributed by atoms with Gasteiger partial charge in [0.2, 0.25) is 0 Å². The van der Waals surface area contributed by atoms with Crippen molar-refractivity contribution in [2.24, 2.45) is 5.41 Å². The zero-order valence-electron chi connectivity index (χ0n) is 11.5. The molecule has 0 amide bonds. The number of rotatable bonds is 5. The molecule has 1 atom stereocenters. The van der Waals surface area contributed by atoms with Crippen LogP contribution in [0, 0.1) is 11.2 Å². The number of halogens is 1. The minimum Gasteiger partial charge on any atom is -0.310 e. The van der Waals surface area contributed by atoms with Crippen molar-refractivity contribution in [1.82, 2.24) is 5.32 Å². The first-order valence-corrected chi connectivity index (χ1v) is 7.14. The van der Waals surface area contributed by atoms with E-state index in [1.807, 2.05) is 6.07 Å². The molecule has 2 heteroatoms. The van der Waals surface area contributed by atoms with Crippen molar-refractivity contribution < 1.29 is 4.39 Å². The zero-order valence-corrected chi connectivity index (χ0v) is 11.5. The Balaban J connectivity index is 1.93. The predicted molar refractivity (Wildman–Crippen MR) is 74.0 cm³/mol. The van der Waals surface area contributed by atoms with E-state index in [4.69, 9.17) is 0 Å². The van der Waals surface area contributed by atoms with E-state index in [0.29, 0.717) is 5.41 Å². The molecule has 0 heterocycles. The molecule has 1 aliphatic rings. The topological polar surface area (TPSA) is 12.0 Å². The molecule has 0 aliphatic heterocycles. The largest absolute Gasteiger partial charge is 0.310 e. The highest BCUT2D eigenvalue weighted by Crippen LogP contribution is 2.40. The highest BCUT2D eigenvalue weighted by atomic mass is 19.1. The summed E-state index contributed by atoms with van der Waals surface area (Å²) in [6.07, 6.45) is 6.66. The highest BCUT2D eigenvalue weighted by Gasteiger charge is 2.31. The van der Waals surface area contributed by atoms with Crippen molar-refractivity contribution in [1.29, 1.82) is 0 Å². The molecule has 1 aliphatic carbocycles. The monoisotopic (exact) mass is 249 g/mol. The molecule has 18 heavy (non-hydrogen) atoms. The van der Waals surface area contributed by atoms with E-state index in [9.17, 15) is 4.39 Å². The fraction of sp³-hybridized carbons (Fsp3) is 0.625. The lowest BCUT2D eigenvalue weighted by Gasteiger charge is -2.29. The average molecular weight is 249 g/mol. The van der Waals surface area contributed by atoms with Crippen LogP contribution in [0.4, 0.5) is 4.39 Å². The molecule has 1 fully saturated rings. The van der Waals surface area contributed by atoms with Gasteiger partial charge in [0.05, 0.1) is 0 Å². The summed E-state index contributed by atoms with van der Waals surface area (Å²) in [5.41, 5.74) is 1.53. The molecule has 0 aromatic heterocycles. The van der Waals surface area contributed by atoms with Crippen molar-refractivity contribution in [2.45, 2.75) is 52.0 Å². The van der Waals surface area contributed by atoms with Gasteiger partial charge < -0.3 is 5.32 Å². The summed E-state index contributed by atoms with van der Waals surface area (Å²) in [7, 11) is 0. The lowest BCUT2D eigenvalue weighted by molar-refractivity contribution is 0.258. The Morgan fingerprint density at radius 3 is 2.67 bits per heavy atom. The van der Waals surface area contributed by atoms with Crippen LogP contribution < -0.4 is 5.32 Å². The fourth-order valence-electron chi connectivity index (χ4n) is 3.04. The molecule has 1 nitrogen and oxygen atoms in total. The van der Waals surface area contributed by atoms with Crippen LogP contribution in [0.5, 0.6) is 0 Å². The Morgan fingerprint density at radius 1 is 1.33 bits per heavy atom. The standard InChI is InChI=1S/C16H24FN/c1-3-16(9-4-5-10-16)12-18-13(2)14-7-6-8-15(17)11-14/h6-8,11,13,18H,3-5,9-10,12H2,1-2H3. The molecule has 1 saturated carbocycles. The number of nitrogens with one attached hydrogen (secondary N) is 1. The third kappa shape index (κ3) is 3.11. The first-order valence-electron chi connectivity index (χ1n) is 7.14. The van der Waals surface area contributed by atoms with Gasteiger partial charge in [-0.2, -0.15) is 0 Å². The van der Waals surface area contributed by atoms with Crippen LogP contribution in [-0.2, 0) is 0 Å². The minimum atomic E-state index is -0.146. The first kappa shape index (κ1) is 13.5. The van der Waals surface area contributed by atoms with Gasteiger partial charge in [0, 0.05) is 12.6 Å². The molecular weight excluding hydrogens is 225 g/mol. The normalized spacial score (nSPS) is 19.9. The van der Waals surface area contributed by atoms with E-state index >= 15 is 0 Å². The van der Waals surface area contributed by atoms with E-state index in [2.05, 4.69) is 19.2 Å². The lowest BCUT2D eigenvalue weighted by Crippen LogP contribution is -2.33. The van der Waals surface area contributed by atoms with Crippen LogP contribution in [0.15, 0.2) is 24.3 Å². The van der Waals surface area contributed by atoms with Crippen LogP contribution in [-0.4, -0.2) is 6.54 Å². The van der Waals surface area contributed by atoms with Gasteiger partial charge in [-0.05, 0) is 49.3 Å². The Bertz CT molecular complexity index is 382. The number of benzene rings is 1. The maximum atomic E-state index is 13.2. The van der Waals surface area contributed by atoms with Gasteiger partial charge in [-0.25, -0.2) is 4.39 Å². The average Bonchev–Trinajstić information content (AvgIpc) is 2.85. The van der Waals surface area contributed by atoms with Crippen LogP contribution in [0.2, 0.25) is 0 Å². The van der Waals surface area contributed by atoms with Crippen LogP contribution in [0.25, 0.3) is 0 Å². The number of hydrogen-bond donors (Lipinski definition) is 1. The maximum absolute atomic E-state index is 13.2. The molecular formula is C16H24FN. The van der Waals surface area contributed by atoms with Gasteiger partial charge in [0.25, 0.3) is 0 Å². The third-order valence-electron chi connectivity index (χ3n) is 4.55. The summed E-state index contributed by atoms with van der Waals surface area (Å²) in [5.74, 6) is -0.146. The Kier molecular flexibility index (Phi) is 4.39. The third-order valence-corrected chi connectivity index (χ3v) is 4.55. The smallest absolute Gasteiger partial charge is 0.123 e. The van der Waals surface area contributed by atoms with Crippen molar-refractivity contribution >= 4 is 0 Å². The second-order valence-corrected chi connectivity index (χ2v) is 5.72. The van der Waals surface area contributed by atoms with E-state index in [-0.39, 0.29) is 11.9 Å². The summed E-state index contributed by atoms with van der Waals surface area (Å²) in [4.78, 5) is 0.